The lowest BCUT2D eigenvalue weighted by Gasteiger charge is -2.35. The molecule has 0 radical (unpaired) electrons. The summed E-state index contributed by atoms with van der Waals surface area (Å²) in [4.78, 5) is 4.82. The van der Waals surface area contributed by atoms with Gasteiger partial charge in [-0.3, -0.25) is 0 Å². The minimum atomic E-state index is 0.514. The number of nitrogens with zero attached hydrogens (tertiary/aromatic N) is 2. The van der Waals surface area contributed by atoms with Crippen LogP contribution >= 0.6 is 0 Å². The molecule has 0 aromatic rings. The molecule has 0 saturated carbocycles. The number of hydrogen-bond donors (Lipinski definition) is 0. The molecular weight excluding hydrogens is 292 g/mol. The topological polar surface area (TPSA) is 6.48 Å². The normalized spacial score (nSPS) is 21.4. The molecule has 0 amide bonds. The Morgan fingerprint density at radius 3 is 1.67 bits per heavy atom. The molecule has 0 heterocycles. The van der Waals surface area contributed by atoms with Crippen molar-refractivity contribution in [3.63, 3.8) is 0 Å². The van der Waals surface area contributed by atoms with Gasteiger partial charge in [0.15, 0.2) is 0 Å². The summed E-state index contributed by atoms with van der Waals surface area (Å²) in [5, 5.41) is 0. The molecule has 0 N–H and O–H groups in total. The van der Waals surface area contributed by atoms with Crippen LogP contribution in [0.15, 0.2) is 22.3 Å². The highest BCUT2D eigenvalue weighted by molar-refractivity contribution is 5.52. The summed E-state index contributed by atoms with van der Waals surface area (Å²) in [5.74, 6) is 0.598. The molecule has 140 valence electrons. The number of likely N-dealkylation sites (N-methyl/N-ethyl adjacent to an activating group) is 1. The molecule has 0 aromatic carbocycles. The van der Waals surface area contributed by atoms with Crippen LogP contribution in [-0.2, 0) is 0 Å². The predicted octanol–water partition coefficient (Wildman–Crippen LogP) is 5.51. The highest BCUT2D eigenvalue weighted by Gasteiger charge is 2.38. The van der Waals surface area contributed by atoms with Gasteiger partial charge in [0.05, 0.1) is 0 Å². The molecule has 3 atom stereocenters. The summed E-state index contributed by atoms with van der Waals surface area (Å²) >= 11 is 0. The van der Waals surface area contributed by atoms with Crippen LogP contribution in [0.1, 0.15) is 73.1 Å². The highest BCUT2D eigenvalue weighted by Crippen LogP contribution is 2.47. The molecule has 1 rings (SSSR count). The Morgan fingerprint density at radius 1 is 0.750 bits per heavy atom. The second kappa shape index (κ2) is 9.77. The van der Waals surface area contributed by atoms with E-state index in [-0.39, 0.29) is 0 Å². The highest BCUT2D eigenvalue weighted by atomic mass is 15.1. The Morgan fingerprint density at radius 2 is 1.25 bits per heavy atom. The monoisotopic (exact) mass is 334 g/mol. The first-order chi connectivity index (χ1) is 11.3. The molecule has 0 spiro atoms. The van der Waals surface area contributed by atoms with E-state index in [9.17, 15) is 0 Å². The van der Waals surface area contributed by atoms with Crippen LogP contribution in [0.5, 0.6) is 0 Å². The molecule has 0 aromatic heterocycles. The fraction of sp³-hybridized carbons (Fsp3) is 0.818. The Labute approximate surface area is 152 Å². The second-order valence-corrected chi connectivity index (χ2v) is 8.01. The smallest absolute Gasteiger partial charge is 0.0285 e. The number of hydrogen-bond acceptors (Lipinski definition) is 2. The van der Waals surface area contributed by atoms with Crippen LogP contribution in [0.25, 0.3) is 0 Å². The lowest BCUT2D eigenvalue weighted by atomic mass is 9.82. The Hall–Kier alpha value is -0.600. The molecule has 0 saturated heterocycles. The first-order valence-electron chi connectivity index (χ1n) is 10.1. The van der Waals surface area contributed by atoms with Crippen molar-refractivity contribution in [1.82, 2.24) is 9.80 Å². The largest absolute Gasteiger partial charge is 0.306 e. The summed E-state index contributed by atoms with van der Waals surface area (Å²) in [6.07, 6.45) is 7.51. The van der Waals surface area contributed by atoms with E-state index in [1.807, 2.05) is 0 Å². The van der Waals surface area contributed by atoms with Gasteiger partial charge in [-0.1, -0.05) is 45.6 Å². The fourth-order valence-corrected chi connectivity index (χ4v) is 4.25. The lowest BCUT2D eigenvalue weighted by molar-refractivity contribution is 0.245. The third-order valence-electron chi connectivity index (χ3n) is 5.85. The van der Waals surface area contributed by atoms with E-state index in [0.29, 0.717) is 18.0 Å². The van der Waals surface area contributed by atoms with E-state index >= 15 is 0 Å². The van der Waals surface area contributed by atoms with E-state index in [1.165, 1.54) is 38.5 Å². The molecule has 2 nitrogen and oxygen atoms in total. The van der Waals surface area contributed by atoms with Gasteiger partial charge in [-0.2, -0.15) is 0 Å². The van der Waals surface area contributed by atoms with Crippen molar-refractivity contribution >= 4 is 0 Å². The van der Waals surface area contributed by atoms with Crippen molar-refractivity contribution in [3.05, 3.63) is 22.3 Å². The van der Waals surface area contributed by atoms with Crippen LogP contribution in [0.3, 0.4) is 0 Å². The number of allylic oxidation sites excluding steroid dienone is 2. The average molecular weight is 335 g/mol. The summed E-state index contributed by atoms with van der Waals surface area (Å²) in [6.45, 7) is 11.8. The van der Waals surface area contributed by atoms with Crippen LogP contribution in [-0.4, -0.2) is 50.1 Å². The van der Waals surface area contributed by atoms with E-state index in [0.717, 1.165) is 0 Å². The maximum absolute atomic E-state index is 2.42. The van der Waals surface area contributed by atoms with Crippen LogP contribution in [0, 0.1) is 5.92 Å². The third-order valence-corrected chi connectivity index (χ3v) is 5.85. The van der Waals surface area contributed by atoms with Gasteiger partial charge >= 0.3 is 0 Å². The zero-order valence-electron chi connectivity index (χ0n) is 17.9. The van der Waals surface area contributed by atoms with Gasteiger partial charge in [0.1, 0.15) is 0 Å². The summed E-state index contributed by atoms with van der Waals surface area (Å²) in [5.41, 5.74) is 6.91. The van der Waals surface area contributed by atoms with Gasteiger partial charge in [-0.25, -0.2) is 0 Å². The minimum Gasteiger partial charge on any atom is -0.306 e. The molecular formula is C22H42N2. The first-order valence-corrected chi connectivity index (χ1v) is 10.1. The molecule has 24 heavy (non-hydrogen) atoms. The van der Waals surface area contributed by atoms with Crippen molar-refractivity contribution in [1.29, 1.82) is 0 Å². The van der Waals surface area contributed by atoms with E-state index in [4.69, 9.17) is 0 Å². The number of rotatable bonds is 10. The molecule has 1 aliphatic carbocycles. The van der Waals surface area contributed by atoms with Crippen LogP contribution in [0.4, 0.5) is 0 Å². The zero-order chi connectivity index (χ0) is 18.4. The van der Waals surface area contributed by atoms with Gasteiger partial charge in [-0.05, 0) is 78.0 Å². The third kappa shape index (κ3) is 4.52. The molecule has 2 heteroatoms. The van der Waals surface area contributed by atoms with Crippen molar-refractivity contribution in [2.75, 3.05) is 28.2 Å². The summed E-state index contributed by atoms with van der Waals surface area (Å²) in [7, 11) is 8.94. The Balaban J connectivity index is 3.53. The lowest BCUT2D eigenvalue weighted by Crippen LogP contribution is -2.39. The zero-order valence-corrected chi connectivity index (χ0v) is 17.9. The van der Waals surface area contributed by atoms with Gasteiger partial charge in [-0.15, -0.1) is 0 Å². The van der Waals surface area contributed by atoms with E-state index in [2.05, 4.69) is 72.6 Å². The second-order valence-electron chi connectivity index (χ2n) is 8.01. The quantitative estimate of drug-likeness (QED) is 0.520. The molecule has 3 unspecified atom stereocenters. The molecule has 1 aliphatic rings. The van der Waals surface area contributed by atoms with E-state index < -0.39 is 0 Å². The van der Waals surface area contributed by atoms with Gasteiger partial charge < -0.3 is 9.80 Å². The van der Waals surface area contributed by atoms with Gasteiger partial charge in [0.25, 0.3) is 0 Å². The SMILES string of the molecule is CCCC1=C(CCC)C(C(C)N(C)C)C(C(C)N(C)C)=C1CCC. The fourth-order valence-electron chi connectivity index (χ4n) is 4.25. The Bertz CT molecular complexity index is 457. The summed E-state index contributed by atoms with van der Waals surface area (Å²) < 4.78 is 0. The van der Waals surface area contributed by atoms with E-state index in [1.54, 1.807) is 22.3 Å². The molecule has 0 aliphatic heterocycles. The molecule has 0 fully saturated rings. The maximum atomic E-state index is 2.42. The summed E-state index contributed by atoms with van der Waals surface area (Å²) in [6, 6.07) is 1.07. The van der Waals surface area contributed by atoms with Gasteiger partial charge in [0, 0.05) is 18.0 Å². The van der Waals surface area contributed by atoms with Crippen molar-refractivity contribution in [2.45, 2.75) is 85.2 Å². The van der Waals surface area contributed by atoms with Crippen LogP contribution in [0.2, 0.25) is 0 Å². The van der Waals surface area contributed by atoms with Crippen molar-refractivity contribution in [3.8, 4) is 0 Å². The molecule has 0 bridgehead atoms. The maximum Gasteiger partial charge on any atom is 0.0285 e. The minimum absolute atomic E-state index is 0.514. The average Bonchev–Trinajstić information content (AvgIpc) is 2.81. The van der Waals surface area contributed by atoms with Gasteiger partial charge in [0.2, 0.25) is 0 Å². The van der Waals surface area contributed by atoms with Crippen LogP contribution < -0.4 is 0 Å². The first kappa shape index (κ1) is 21.4. The predicted molar refractivity (Wildman–Crippen MR) is 109 cm³/mol. The van der Waals surface area contributed by atoms with Crippen molar-refractivity contribution < 1.29 is 0 Å². The standard InChI is InChI=1S/C22H42N2/c1-10-13-18-19(14-11-2)21(16(4)23(6)7)22(17(5)24(8)9)20(18)15-12-3/h16-17,21H,10-15H2,1-9H3. The van der Waals surface area contributed by atoms with Crippen molar-refractivity contribution in [2.24, 2.45) is 5.92 Å². The Kier molecular flexibility index (Phi) is 8.73.